The molecule has 0 radical (unpaired) electrons. The SMILES string of the molecule is Cc1cccc(F)c1NC1=CC(=O)c2ccccc2C1=O. The van der Waals surface area contributed by atoms with E-state index in [2.05, 4.69) is 5.32 Å². The van der Waals surface area contributed by atoms with Crippen LogP contribution in [0.5, 0.6) is 0 Å². The molecule has 0 fully saturated rings. The van der Waals surface area contributed by atoms with Gasteiger partial charge in [-0.2, -0.15) is 0 Å². The van der Waals surface area contributed by atoms with Crippen molar-refractivity contribution in [3.8, 4) is 0 Å². The number of Topliss-reactive ketones (excluding diaryl/α,β-unsaturated/α-hetero) is 1. The standard InChI is InChI=1S/C17H12FNO2/c1-10-5-4-8-13(18)16(10)19-14-9-15(20)11-6-2-3-7-12(11)17(14)21/h2-9,19H,1H3. The highest BCUT2D eigenvalue weighted by atomic mass is 19.1. The lowest BCUT2D eigenvalue weighted by molar-refractivity contribution is 0.0985. The number of hydrogen-bond donors (Lipinski definition) is 1. The van der Waals surface area contributed by atoms with Crippen molar-refractivity contribution >= 4 is 17.3 Å². The Hall–Kier alpha value is -2.75. The predicted molar refractivity (Wildman–Crippen MR) is 77.9 cm³/mol. The molecule has 0 saturated carbocycles. The number of anilines is 1. The highest BCUT2D eigenvalue weighted by Gasteiger charge is 2.25. The number of aryl methyl sites for hydroxylation is 1. The molecule has 3 nitrogen and oxygen atoms in total. The van der Waals surface area contributed by atoms with E-state index in [4.69, 9.17) is 0 Å². The molecule has 1 aliphatic rings. The summed E-state index contributed by atoms with van der Waals surface area (Å²) in [7, 11) is 0. The molecule has 2 aromatic carbocycles. The minimum absolute atomic E-state index is 0.0897. The van der Waals surface area contributed by atoms with Crippen LogP contribution in [0.4, 0.5) is 10.1 Å². The van der Waals surface area contributed by atoms with Gasteiger partial charge in [0, 0.05) is 17.2 Å². The summed E-state index contributed by atoms with van der Waals surface area (Å²) < 4.78 is 13.8. The van der Waals surface area contributed by atoms with Gasteiger partial charge in [-0.1, -0.05) is 36.4 Å². The first-order chi connectivity index (χ1) is 10.1. The molecule has 0 heterocycles. The molecule has 0 spiro atoms. The van der Waals surface area contributed by atoms with Crippen LogP contribution in [0.2, 0.25) is 0 Å². The number of para-hydroxylation sites is 1. The number of hydrogen-bond acceptors (Lipinski definition) is 3. The first kappa shape index (κ1) is 13.2. The molecule has 0 aromatic heterocycles. The lowest BCUT2D eigenvalue weighted by Gasteiger charge is -2.17. The second-order valence-electron chi connectivity index (χ2n) is 4.85. The minimum Gasteiger partial charge on any atom is -0.350 e. The van der Waals surface area contributed by atoms with Gasteiger partial charge in [0.2, 0.25) is 5.78 Å². The molecule has 104 valence electrons. The number of rotatable bonds is 2. The van der Waals surface area contributed by atoms with Crippen LogP contribution in [-0.4, -0.2) is 11.6 Å². The molecule has 1 aliphatic carbocycles. The first-order valence-corrected chi connectivity index (χ1v) is 6.50. The predicted octanol–water partition coefficient (Wildman–Crippen LogP) is 3.51. The molecular formula is C17H12FNO2. The fourth-order valence-corrected chi connectivity index (χ4v) is 2.33. The van der Waals surface area contributed by atoms with Crippen LogP contribution >= 0.6 is 0 Å². The van der Waals surface area contributed by atoms with Crippen molar-refractivity contribution in [3.05, 3.63) is 76.7 Å². The van der Waals surface area contributed by atoms with Gasteiger partial charge < -0.3 is 5.32 Å². The third kappa shape index (κ3) is 2.25. The zero-order valence-corrected chi connectivity index (χ0v) is 11.3. The van der Waals surface area contributed by atoms with Gasteiger partial charge in [-0.3, -0.25) is 9.59 Å². The average Bonchev–Trinajstić information content (AvgIpc) is 2.48. The summed E-state index contributed by atoms with van der Waals surface area (Å²) in [5.41, 5.74) is 1.67. The van der Waals surface area contributed by atoms with E-state index in [1.54, 1.807) is 43.3 Å². The van der Waals surface area contributed by atoms with E-state index in [0.29, 0.717) is 16.7 Å². The highest BCUT2D eigenvalue weighted by molar-refractivity contribution is 6.25. The summed E-state index contributed by atoms with van der Waals surface area (Å²) in [5.74, 6) is -1.04. The maximum Gasteiger partial charge on any atom is 0.210 e. The van der Waals surface area contributed by atoms with Crippen LogP contribution in [0.3, 0.4) is 0 Å². The molecule has 0 amide bonds. The summed E-state index contributed by atoms with van der Waals surface area (Å²) in [6.45, 7) is 1.73. The van der Waals surface area contributed by atoms with Crippen molar-refractivity contribution < 1.29 is 14.0 Å². The molecule has 4 heteroatoms. The number of carbonyl (C=O) groups excluding carboxylic acids is 2. The molecule has 0 atom stereocenters. The Bertz CT molecular complexity index is 773. The van der Waals surface area contributed by atoms with E-state index < -0.39 is 5.82 Å². The molecule has 2 aromatic rings. The van der Waals surface area contributed by atoms with E-state index in [9.17, 15) is 14.0 Å². The lowest BCUT2D eigenvalue weighted by atomic mass is 9.92. The van der Waals surface area contributed by atoms with Gasteiger partial charge in [-0.25, -0.2) is 4.39 Å². The molecule has 0 bridgehead atoms. The highest BCUT2D eigenvalue weighted by Crippen LogP contribution is 2.25. The first-order valence-electron chi connectivity index (χ1n) is 6.50. The van der Waals surface area contributed by atoms with Gasteiger partial charge in [0.15, 0.2) is 5.78 Å². The van der Waals surface area contributed by atoms with Crippen LogP contribution in [0.25, 0.3) is 0 Å². The molecule has 3 rings (SSSR count). The van der Waals surface area contributed by atoms with Crippen LogP contribution in [0.15, 0.2) is 54.2 Å². The van der Waals surface area contributed by atoms with Crippen LogP contribution in [-0.2, 0) is 0 Å². The summed E-state index contributed by atoms with van der Waals surface area (Å²) in [5, 5.41) is 2.75. The van der Waals surface area contributed by atoms with E-state index in [1.165, 1.54) is 12.1 Å². The zero-order valence-electron chi connectivity index (χ0n) is 11.3. The third-order valence-electron chi connectivity index (χ3n) is 3.44. The number of carbonyl (C=O) groups is 2. The normalized spacial score (nSPS) is 13.7. The van der Waals surface area contributed by atoms with E-state index >= 15 is 0 Å². The quantitative estimate of drug-likeness (QED) is 0.916. The fraction of sp³-hybridized carbons (Fsp3) is 0.0588. The zero-order chi connectivity index (χ0) is 15.0. The Balaban J connectivity index is 2.02. The van der Waals surface area contributed by atoms with Crippen molar-refractivity contribution in [1.29, 1.82) is 0 Å². The summed E-state index contributed by atoms with van der Waals surface area (Å²) >= 11 is 0. The summed E-state index contributed by atoms with van der Waals surface area (Å²) in [4.78, 5) is 24.4. The van der Waals surface area contributed by atoms with Crippen molar-refractivity contribution in [2.24, 2.45) is 0 Å². The third-order valence-corrected chi connectivity index (χ3v) is 3.44. The van der Waals surface area contributed by atoms with Crippen molar-refractivity contribution in [2.45, 2.75) is 6.92 Å². The summed E-state index contributed by atoms with van der Waals surface area (Å²) in [6, 6.07) is 11.2. The maximum atomic E-state index is 13.8. The van der Waals surface area contributed by atoms with Crippen molar-refractivity contribution in [2.75, 3.05) is 5.32 Å². The number of allylic oxidation sites excluding steroid dienone is 2. The molecule has 1 N–H and O–H groups in total. The van der Waals surface area contributed by atoms with Crippen molar-refractivity contribution in [1.82, 2.24) is 0 Å². The largest absolute Gasteiger partial charge is 0.350 e. The molecule has 0 aliphatic heterocycles. The van der Waals surface area contributed by atoms with Crippen molar-refractivity contribution in [3.63, 3.8) is 0 Å². The van der Waals surface area contributed by atoms with Gasteiger partial charge in [-0.05, 0) is 18.6 Å². The number of halogens is 1. The Morgan fingerprint density at radius 3 is 2.38 bits per heavy atom. The van der Waals surface area contributed by atoms with Gasteiger partial charge in [0.1, 0.15) is 5.82 Å². The van der Waals surface area contributed by atoms with Crippen LogP contribution < -0.4 is 5.32 Å². The number of nitrogens with one attached hydrogen (secondary N) is 1. The average molecular weight is 281 g/mol. The molecule has 0 unspecified atom stereocenters. The van der Waals surface area contributed by atoms with E-state index in [1.807, 2.05) is 0 Å². The second-order valence-corrected chi connectivity index (χ2v) is 4.85. The lowest BCUT2D eigenvalue weighted by Crippen LogP contribution is -2.22. The molecule has 0 saturated heterocycles. The Morgan fingerprint density at radius 1 is 0.952 bits per heavy atom. The number of benzene rings is 2. The molecular weight excluding hydrogens is 269 g/mol. The second kappa shape index (κ2) is 4.98. The van der Waals surface area contributed by atoms with Gasteiger partial charge >= 0.3 is 0 Å². The Labute approximate surface area is 121 Å². The summed E-state index contributed by atoms with van der Waals surface area (Å²) in [6.07, 6.45) is 1.22. The van der Waals surface area contributed by atoms with Crippen LogP contribution in [0.1, 0.15) is 26.3 Å². The number of fused-ring (bicyclic) bond motifs is 1. The van der Waals surface area contributed by atoms with Gasteiger partial charge in [-0.15, -0.1) is 0 Å². The maximum absolute atomic E-state index is 13.8. The topological polar surface area (TPSA) is 46.2 Å². The van der Waals surface area contributed by atoms with E-state index in [0.717, 1.165) is 0 Å². The Kier molecular flexibility index (Phi) is 3.14. The van der Waals surface area contributed by atoms with Crippen LogP contribution in [0, 0.1) is 12.7 Å². The molecule has 21 heavy (non-hydrogen) atoms. The minimum atomic E-state index is -0.463. The Morgan fingerprint density at radius 2 is 1.67 bits per heavy atom. The fourth-order valence-electron chi connectivity index (χ4n) is 2.33. The monoisotopic (exact) mass is 281 g/mol. The number of ketones is 2. The van der Waals surface area contributed by atoms with Gasteiger partial charge in [0.05, 0.1) is 11.4 Å². The van der Waals surface area contributed by atoms with Gasteiger partial charge in [0.25, 0.3) is 0 Å². The smallest absolute Gasteiger partial charge is 0.210 e. The van der Waals surface area contributed by atoms with E-state index in [-0.39, 0.29) is 23.0 Å².